The van der Waals surface area contributed by atoms with Gasteiger partial charge in [-0.3, -0.25) is 14.4 Å². The Morgan fingerprint density at radius 3 is 1.63 bits per heavy atom. The Morgan fingerprint density at radius 2 is 1.30 bits per heavy atom. The van der Waals surface area contributed by atoms with Crippen LogP contribution < -0.4 is 16.4 Å². The second-order valence-electron chi connectivity index (χ2n) is 5.69. The number of hydrogen-bond donors (Lipinski definition) is 6. The van der Waals surface area contributed by atoms with Crippen molar-refractivity contribution < 1.29 is 47.7 Å². The van der Waals surface area contributed by atoms with Crippen LogP contribution in [0.5, 0.6) is 0 Å². The molecule has 0 fully saturated rings. The van der Waals surface area contributed by atoms with Gasteiger partial charge in [-0.05, 0) is 13.8 Å². The van der Waals surface area contributed by atoms with Crippen LogP contribution in [-0.2, 0) is 19.2 Å². The normalized spacial score (nSPS) is 14.0. The summed E-state index contributed by atoms with van der Waals surface area (Å²) in [5, 5.41) is 29.5. The minimum Gasteiger partial charge on any atom is -0.481 e. The summed E-state index contributed by atoms with van der Waals surface area (Å²) < 4.78 is 31.7. The van der Waals surface area contributed by atoms with Crippen LogP contribution in [0.1, 0.15) is 33.1 Å². The molecule has 0 aliphatic carbocycles. The third-order valence-corrected chi connectivity index (χ3v) is 2.71. The number of aliphatic carboxylic acids is 2. The molecule has 0 unspecified atom stereocenters. The standard InChI is InChI=1S/C12H23N3O5.C2HF3O2/c1-7(14-11(18)5-9(13)6-16)3-10(17)15-8(2)4-12(19)20;3-2(4,5)1(6)7/h7-9,16H,3-6,13H2,1-2H3,(H,14,18)(H,15,17)(H,19,20);(H,6,7)/t7-,8-,9+;/m0./s1. The number of carbonyl (C=O) groups excluding carboxylic acids is 2. The highest BCUT2D eigenvalue weighted by Gasteiger charge is 2.38. The SMILES string of the molecule is C[C@@H](CC(=O)O)NC(=O)C[C@H](C)NC(=O)C[C@@H](N)CO.O=C(O)C(F)(F)F. The molecule has 2 amide bonds. The van der Waals surface area contributed by atoms with Crippen molar-refractivity contribution in [2.45, 2.75) is 57.4 Å². The van der Waals surface area contributed by atoms with Crippen LogP contribution in [0.25, 0.3) is 0 Å². The third kappa shape index (κ3) is 16.8. The fourth-order valence-corrected chi connectivity index (χ4v) is 1.61. The van der Waals surface area contributed by atoms with Gasteiger partial charge in [0.05, 0.1) is 13.0 Å². The first kappa shape index (κ1) is 26.8. The summed E-state index contributed by atoms with van der Waals surface area (Å²) in [6.07, 6.45) is -5.21. The highest BCUT2D eigenvalue weighted by Crippen LogP contribution is 2.13. The smallest absolute Gasteiger partial charge is 0.481 e. The average molecular weight is 403 g/mol. The minimum absolute atomic E-state index is 0.0160. The summed E-state index contributed by atoms with van der Waals surface area (Å²) in [5.41, 5.74) is 5.42. The van der Waals surface area contributed by atoms with E-state index >= 15 is 0 Å². The van der Waals surface area contributed by atoms with E-state index in [2.05, 4.69) is 10.6 Å². The van der Waals surface area contributed by atoms with Crippen LogP contribution in [0.2, 0.25) is 0 Å². The fourth-order valence-electron chi connectivity index (χ4n) is 1.61. The van der Waals surface area contributed by atoms with Crippen molar-refractivity contribution >= 4 is 23.8 Å². The molecule has 13 heteroatoms. The zero-order valence-corrected chi connectivity index (χ0v) is 14.7. The first-order chi connectivity index (χ1) is 12.2. The first-order valence-electron chi connectivity index (χ1n) is 7.66. The number of aliphatic hydroxyl groups is 1. The zero-order valence-electron chi connectivity index (χ0n) is 14.7. The first-order valence-corrected chi connectivity index (χ1v) is 7.66. The lowest BCUT2D eigenvalue weighted by atomic mass is 10.1. The number of amides is 2. The molecule has 0 aromatic heterocycles. The highest BCUT2D eigenvalue weighted by molar-refractivity contribution is 5.80. The predicted octanol–water partition coefficient (Wildman–Crippen LogP) is -0.796. The molecule has 3 atom stereocenters. The van der Waals surface area contributed by atoms with E-state index in [0.717, 1.165) is 0 Å². The molecule has 0 bridgehead atoms. The Balaban J connectivity index is 0. The molecule has 0 aromatic carbocycles. The van der Waals surface area contributed by atoms with Crippen LogP contribution in [0, 0.1) is 0 Å². The molecule has 7 N–H and O–H groups in total. The molecule has 158 valence electrons. The Hall–Kier alpha value is -2.41. The Bertz CT molecular complexity index is 515. The van der Waals surface area contributed by atoms with Crippen LogP contribution in [0.4, 0.5) is 13.2 Å². The fraction of sp³-hybridized carbons (Fsp3) is 0.714. The van der Waals surface area contributed by atoms with Gasteiger partial charge in [-0.1, -0.05) is 0 Å². The number of rotatable bonds is 9. The molecule has 0 aromatic rings. The van der Waals surface area contributed by atoms with E-state index in [4.69, 9.17) is 25.8 Å². The van der Waals surface area contributed by atoms with Crippen molar-refractivity contribution in [3.8, 4) is 0 Å². The maximum Gasteiger partial charge on any atom is 0.490 e. The van der Waals surface area contributed by atoms with Gasteiger partial charge >= 0.3 is 18.1 Å². The number of aliphatic hydroxyl groups excluding tert-OH is 1. The van der Waals surface area contributed by atoms with Gasteiger partial charge in [-0.25, -0.2) is 4.79 Å². The Kier molecular flexibility index (Phi) is 12.8. The van der Waals surface area contributed by atoms with E-state index in [9.17, 15) is 27.6 Å². The molecule has 10 nitrogen and oxygen atoms in total. The van der Waals surface area contributed by atoms with Crippen LogP contribution in [-0.4, -0.2) is 70.0 Å². The van der Waals surface area contributed by atoms with Crippen LogP contribution in [0.15, 0.2) is 0 Å². The maximum absolute atomic E-state index is 11.6. The quantitative estimate of drug-likeness (QED) is 0.290. The van der Waals surface area contributed by atoms with E-state index in [0.29, 0.717) is 0 Å². The highest BCUT2D eigenvalue weighted by atomic mass is 19.4. The number of carboxylic acid groups (broad SMARTS) is 2. The van der Waals surface area contributed by atoms with Gasteiger partial charge in [0.2, 0.25) is 11.8 Å². The Labute approximate surface area is 152 Å². The van der Waals surface area contributed by atoms with Crippen LogP contribution in [0.3, 0.4) is 0 Å². The average Bonchev–Trinajstić information content (AvgIpc) is 2.44. The molecule has 0 aliphatic rings. The molecule has 0 saturated carbocycles. The maximum atomic E-state index is 11.6. The summed E-state index contributed by atoms with van der Waals surface area (Å²) >= 11 is 0. The molecule has 0 radical (unpaired) electrons. The minimum atomic E-state index is -5.08. The van der Waals surface area contributed by atoms with Crippen LogP contribution >= 0.6 is 0 Å². The lowest BCUT2D eigenvalue weighted by Gasteiger charge is -2.17. The van der Waals surface area contributed by atoms with E-state index in [-0.39, 0.29) is 37.7 Å². The summed E-state index contributed by atoms with van der Waals surface area (Å²) in [6.45, 7) is 2.97. The number of carboxylic acids is 2. The molecule has 0 saturated heterocycles. The number of nitrogens with one attached hydrogen (secondary N) is 2. The third-order valence-electron chi connectivity index (χ3n) is 2.71. The van der Waals surface area contributed by atoms with Gasteiger partial charge in [-0.15, -0.1) is 0 Å². The number of hydrogen-bond acceptors (Lipinski definition) is 6. The van der Waals surface area contributed by atoms with Gasteiger partial charge < -0.3 is 31.7 Å². The molecular weight excluding hydrogens is 379 g/mol. The summed E-state index contributed by atoms with van der Waals surface area (Å²) in [4.78, 5) is 42.4. The van der Waals surface area contributed by atoms with Gasteiger partial charge in [0.15, 0.2) is 0 Å². The van der Waals surface area contributed by atoms with Crippen molar-refractivity contribution in [2.75, 3.05) is 6.61 Å². The van der Waals surface area contributed by atoms with Gasteiger partial charge in [0.1, 0.15) is 0 Å². The second-order valence-corrected chi connectivity index (χ2v) is 5.69. The predicted molar refractivity (Wildman–Crippen MR) is 85.4 cm³/mol. The van der Waals surface area contributed by atoms with Crippen molar-refractivity contribution in [3.05, 3.63) is 0 Å². The van der Waals surface area contributed by atoms with Crippen molar-refractivity contribution in [3.63, 3.8) is 0 Å². The van der Waals surface area contributed by atoms with Gasteiger partial charge in [0.25, 0.3) is 0 Å². The molecule has 27 heavy (non-hydrogen) atoms. The lowest BCUT2D eigenvalue weighted by Crippen LogP contribution is -2.42. The van der Waals surface area contributed by atoms with E-state index in [1.807, 2.05) is 0 Å². The second kappa shape index (κ2) is 12.9. The van der Waals surface area contributed by atoms with E-state index in [1.54, 1.807) is 13.8 Å². The summed E-state index contributed by atoms with van der Waals surface area (Å²) in [7, 11) is 0. The Morgan fingerprint density at radius 1 is 0.926 bits per heavy atom. The largest absolute Gasteiger partial charge is 0.490 e. The number of alkyl halides is 3. The number of carbonyl (C=O) groups is 4. The molecular formula is C14H24F3N3O7. The summed E-state index contributed by atoms with van der Waals surface area (Å²) in [6, 6.07) is -1.48. The van der Waals surface area contributed by atoms with E-state index < -0.39 is 36.2 Å². The van der Waals surface area contributed by atoms with E-state index in [1.165, 1.54) is 0 Å². The number of halogens is 3. The molecule has 0 spiro atoms. The van der Waals surface area contributed by atoms with Gasteiger partial charge in [0, 0.05) is 31.0 Å². The molecule has 0 heterocycles. The zero-order chi connectivity index (χ0) is 21.8. The van der Waals surface area contributed by atoms with Crippen molar-refractivity contribution in [1.82, 2.24) is 10.6 Å². The van der Waals surface area contributed by atoms with Crippen molar-refractivity contribution in [2.24, 2.45) is 5.73 Å². The lowest BCUT2D eigenvalue weighted by molar-refractivity contribution is -0.192. The summed E-state index contributed by atoms with van der Waals surface area (Å²) in [5.74, 6) is -4.42. The monoisotopic (exact) mass is 403 g/mol. The topological polar surface area (TPSA) is 179 Å². The molecule has 0 rings (SSSR count). The number of nitrogens with two attached hydrogens (primary N) is 1. The molecule has 0 aliphatic heterocycles. The van der Waals surface area contributed by atoms with Gasteiger partial charge in [-0.2, -0.15) is 13.2 Å². The van der Waals surface area contributed by atoms with Crippen molar-refractivity contribution in [1.29, 1.82) is 0 Å².